The van der Waals surface area contributed by atoms with Gasteiger partial charge >= 0.3 is 0 Å². The second-order valence-corrected chi connectivity index (χ2v) is 5.73. The van der Waals surface area contributed by atoms with Gasteiger partial charge in [0.1, 0.15) is 5.75 Å². The van der Waals surface area contributed by atoms with E-state index in [0.717, 1.165) is 5.56 Å². The van der Waals surface area contributed by atoms with Gasteiger partial charge in [0.2, 0.25) is 0 Å². The molecule has 1 unspecified atom stereocenters. The summed E-state index contributed by atoms with van der Waals surface area (Å²) in [4.78, 5) is 26.6. The number of fused-ring (bicyclic) bond motifs is 1. The number of ether oxygens (including phenoxy) is 2. The van der Waals surface area contributed by atoms with Crippen LogP contribution in [-0.2, 0) is 16.1 Å². The molecule has 2 aromatic carbocycles. The predicted molar refractivity (Wildman–Crippen MR) is 93.8 cm³/mol. The van der Waals surface area contributed by atoms with Crippen LogP contribution in [0.1, 0.15) is 15.9 Å². The number of amides is 2. The number of rotatable bonds is 4. The highest BCUT2D eigenvalue weighted by atomic mass is 16.5. The van der Waals surface area contributed by atoms with Crippen LogP contribution in [0.2, 0.25) is 0 Å². The van der Waals surface area contributed by atoms with Crippen molar-refractivity contribution < 1.29 is 19.1 Å². The standard InChI is InChI=1S/C19H20N2O4/c1-20-18(22)17-11-21(15-5-3-4-6-16(15)25-17)19(23)14-9-7-13(8-10-14)12-24-2/h3-10,17H,11-12H2,1-2H3,(H,20,22). The molecule has 0 radical (unpaired) electrons. The number of carbonyl (C=O) groups is 2. The summed E-state index contributed by atoms with van der Waals surface area (Å²) < 4.78 is 10.8. The summed E-state index contributed by atoms with van der Waals surface area (Å²) in [7, 11) is 3.18. The van der Waals surface area contributed by atoms with Crippen LogP contribution >= 0.6 is 0 Å². The van der Waals surface area contributed by atoms with Crippen LogP contribution in [0, 0.1) is 0 Å². The molecule has 1 heterocycles. The first kappa shape index (κ1) is 17.0. The number of hydrogen-bond acceptors (Lipinski definition) is 4. The van der Waals surface area contributed by atoms with Gasteiger partial charge in [-0.1, -0.05) is 24.3 Å². The topological polar surface area (TPSA) is 67.9 Å². The van der Waals surface area contributed by atoms with Crippen LogP contribution in [0.25, 0.3) is 0 Å². The van der Waals surface area contributed by atoms with Gasteiger partial charge in [-0.05, 0) is 29.8 Å². The number of likely N-dealkylation sites (N-methyl/N-ethyl adjacent to an activating group) is 1. The minimum atomic E-state index is -0.739. The van der Waals surface area contributed by atoms with E-state index in [1.54, 1.807) is 37.3 Å². The highest BCUT2D eigenvalue weighted by Gasteiger charge is 2.33. The van der Waals surface area contributed by atoms with Gasteiger partial charge in [0.05, 0.1) is 18.8 Å². The molecule has 3 rings (SSSR count). The zero-order valence-corrected chi connectivity index (χ0v) is 14.2. The van der Waals surface area contributed by atoms with E-state index in [0.29, 0.717) is 23.6 Å². The first-order chi connectivity index (χ1) is 12.1. The molecule has 0 aromatic heterocycles. The number of benzene rings is 2. The minimum Gasteiger partial charge on any atom is -0.477 e. The van der Waals surface area contributed by atoms with E-state index in [4.69, 9.17) is 9.47 Å². The summed E-state index contributed by atoms with van der Waals surface area (Å²) >= 11 is 0. The summed E-state index contributed by atoms with van der Waals surface area (Å²) in [5.41, 5.74) is 2.20. The molecule has 1 N–H and O–H groups in total. The van der Waals surface area contributed by atoms with Gasteiger partial charge < -0.3 is 19.7 Å². The fraction of sp³-hybridized carbons (Fsp3) is 0.263. The van der Waals surface area contributed by atoms with Crippen LogP contribution in [0.3, 0.4) is 0 Å². The monoisotopic (exact) mass is 340 g/mol. The van der Waals surface area contributed by atoms with E-state index in [2.05, 4.69) is 5.32 Å². The van der Waals surface area contributed by atoms with Gasteiger partial charge in [0.25, 0.3) is 11.8 Å². The van der Waals surface area contributed by atoms with Gasteiger partial charge in [-0.2, -0.15) is 0 Å². The molecule has 130 valence electrons. The zero-order valence-electron chi connectivity index (χ0n) is 14.2. The van der Waals surface area contributed by atoms with Crippen molar-refractivity contribution in [3.8, 4) is 5.75 Å². The Balaban J connectivity index is 1.91. The molecular weight excluding hydrogens is 320 g/mol. The molecule has 0 fully saturated rings. The maximum atomic E-state index is 13.0. The summed E-state index contributed by atoms with van der Waals surface area (Å²) in [6.45, 7) is 0.656. The molecule has 6 heteroatoms. The first-order valence-electron chi connectivity index (χ1n) is 8.01. The average Bonchev–Trinajstić information content (AvgIpc) is 2.66. The summed E-state index contributed by atoms with van der Waals surface area (Å²) in [5.74, 6) is 0.0862. The van der Waals surface area contributed by atoms with E-state index in [1.165, 1.54) is 0 Å². The third kappa shape index (κ3) is 3.49. The summed E-state index contributed by atoms with van der Waals surface area (Å²) in [6.07, 6.45) is -0.739. The SMILES string of the molecule is CNC(=O)C1CN(C(=O)c2ccc(COC)cc2)c2ccccc2O1. The highest BCUT2D eigenvalue weighted by Crippen LogP contribution is 2.34. The number of methoxy groups -OCH3 is 1. The predicted octanol–water partition coefficient (Wildman–Crippen LogP) is 1.99. The van der Waals surface area contributed by atoms with Crippen molar-refractivity contribution in [3.63, 3.8) is 0 Å². The van der Waals surface area contributed by atoms with Crippen LogP contribution in [-0.4, -0.2) is 38.6 Å². The third-order valence-corrected chi connectivity index (χ3v) is 4.07. The molecule has 0 aliphatic carbocycles. The van der Waals surface area contributed by atoms with E-state index in [1.807, 2.05) is 30.3 Å². The largest absolute Gasteiger partial charge is 0.477 e. The Labute approximate surface area is 146 Å². The lowest BCUT2D eigenvalue weighted by Gasteiger charge is -2.34. The van der Waals surface area contributed by atoms with Crippen molar-refractivity contribution in [2.24, 2.45) is 0 Å². The van der Waals surface area contributed by atoms with Crippen molar-refractivity contribution in [1.29, 1.82) is 0 Å². The maximum Gasteiger partial charge on any atom is 0.262 e. The molecule has 0 saturated carbocycles. The molecule has 0 saturated heterocycles. The van der Waals surface area contributed by atoms with Crippen LogP contribution < -0.4 is 15.0 Å². The lowest BCUT2D eigenvalue weighted by molar-refractivity contribution is -0.127. The fourth-order valence-electron chi connectivity index (χ4n) is 2.79. The Morgan fingerprint density at radius 1 is 1.20 bits per heavy atom. The summed E-state index contributed by atoms with van der Waals surface area (Å²) in [5, 5.41) is 2.57. The van der Waals surface area contributed by atoms with Gasteiger partial charge in [-0.3, -0.25) is 9.59 Å². The van der Waals surface area contributed by atoms with E-state index in [-0.39, 0.29) is 18.4 Å². The Morgan fingerprint density at radius 3 is 2.60 bits per heavy atom. The van der Waals surface area contributed by atoms with E-state index >= 15 is 0 Å². The van der Waals surface area contributed by atoms with Gasteiger partial charge in [-0.25, -0.2) is 0 Å². The third-order valence-electron chi connectivity index (χ3n) is 4.07. The zero-order chi connectivity index (χ0) is 17.8. The number of nitrogens with zero attached hydrogens (tertiary/aromatic N) is 1. The quantitative estimate of drug-likeness (QED) is 0.924. The Kier molecular flexibility index (Phi) is 5.00. The number of anilines is 1. The summed E-state index contributed by atoms with van der Waals surface area (Å²) in [6, 6.07) is 14.5. The number of hydrogen-bond donors (Lipinski definition) is 1. The number of carbonyl (C=O) groups excluding carboxylic acids is 2. The second kappa shape index (κ2) is 7.36. The molecule has 1 atom stereocenters. The van der Waals surface area contributed by atoms with Crippen molar-refractivity contribution in [3.05, 3.63) is 59.7 Å². The molecule has 0 spiro atoms. The molecule has 2 aromatic rings. The maximum absolute atomic E-state index is 13.0. The fourth-order valence-corrected chi connectivity index (χ4v) is 2.79. The van der Waals surface area contributed by atoms with Crippen LogP contribution in [0.15, 0.2) is 48.5 Å². The second-order valence-electron chi connectivity index (χ2n) is 5.73. The van der Waals surface area contributed by atoms with Gasteiger partial charge in [0, 0.05) is 19.7 Å². The lowest BCUT2D eigenvalue weighted by Crippen LogP contribution is -2.50. The van der Waals surface area contributed by atoms with Crippen LogP contribution in [0.5, 0.6) is 5.75 Å². The van der Waals surface area contributed by atoms with Gasteiger partial charge in [0.15, 0.2) is 6.10 Å². The molecule has 25 heavy (non-hydrogen) atoms. The molecular formula is C19H20N2O4. The molecule has 0 bridgehead atoms. The van der Waals surface area contributed by atoms with E-state index < -0.39 is 6.10 Å². The Bertz CT molecular complexity index is 773. The van der Waals surface area contributed by atoms with E-state index in [9.17, 15) is 9.59 Å². The molecule has 1 aliphatic heterocycles. The minimum absolute atomic E-state index is 0.162. The molecule has 1 aliphatic rings. The highest BCUT2D eigenvalue weighted by molar-refractivity contribution is 6.07. The Hall–Kier alpha value is -2.86. The average molecular weight is 340 g/mol. The smallest absolute Gasteiger partial charge is 0.262 e. The van der Waals surface area contributed by atoms with Crippen molar-refractivity contribution in [2.75, 3.05) is 25.6 Å². The van der Waals surface area contributed by atoms with Gasteiger partial charge in [-0.15, -0.1) is 0 Å². The molecule has 6 nitrogen and oxygen atoms in total. The van der Waals surface area contributed by atoms with Crippen LogP contribution in [0.4, 0.5) is 5.69 Å². The first-order valence-corrected chi connectivity index (χ1v) is 8.01. The normalized spacial score (nSPS) is 15.9. The number of para-hydroxylation sites is 2. The van der Waals surface area contributed by atoms with Crippen molar-refractivity contribution in [2.45, 2.75) is 12.7 Å². The molecule has 2 amide bonds. The number of nitrogens with one attached hydrogen (secondary N) is 1. The van der Waals surface area contributed by atoms with Crippen molar-refractivity contribution >= 4 is 17.5 Å². The van der Waals surface area contributed by atoms with Crippen molar-refractivity contribution in [1.82, 2.24) is 5.32 Å². The lowest BCUT2D eigenvalue weighted by atomic mass is 10.1. The Morgan fingerprint density at radius 2 is 1.92 bits per heavy atom.